The number of nitrogens with one attached hydrogen (secondary N) is 2. The van der Waals surface area contributed by atoms with E-state index in [1.54, 1.807) is 0 Å². The Morgan fingerprint density at radius 3 is 2.39 bits per heavy atom. The van der Waals surface area contributed by atoms with Gasteiger partial charge in [0.1, 0.15) is 0 Å². The first kappa shape index (κ1) is 14.0. The Hall–Kier alpha value is -2.08. The Kier molecular flexibility index (Phi) is 5.13. The normalized spacial score (nSPS) is 13.4. The van der Waals surface area contributed by atoms with Crippen molar-refractivity contribution >= 4 is 12.0 Å². The minimum Gasteiger partial charge on any atom is -0.480 e. The third-order valence-corrected chi connectivity index (χ3v) is 2.33. The number of hydrogen-bond donors (Lipinski definition) is 4. The molecule has 6 nitrogen and oxygen atoms in total. The lowest BCUT2D eigenvalue weighted by molar-refractivity contribution is -0.141. The number of aliphatic hydroxyl groups excluding tert-OH is 1. The van der Waals surface area contributed by atoms with Crippen molar-refractivity contribution in [2.45, 2.75) is 25.6 Å². The monoisotopic (exact) mass is 252 g/mol. The predicted molar refractivity (Wildman–Crippen MR) is 64.9 cm³/mol. The number of carboxylic acid groups (broad SMARTS) is 1. The number of urea groups is 1. The average molecular weight is 252 g/mol. The van der Waals surface area contributed by atoms with Gasteiger partial charge < -0.3 is 20.8 Å². The first-order valence-corrected chi connectivity index (χ1v) is 5.50. The number of rotatable bonds is 5. The molecule has 1 aromatic carbocycles. The van der Waals surface area contributed by atoms with Gasteiger partial charge in [0.05, 0.1) is 6.10 Å². The molecule has 0 heterocycles. The van der Waals surface area contributed by atoms with Gasteiger partial charge in [0.25, 0.3) is 0 Å². The van der Waals surface area contributed by atoms with Crippen molar-refractivity contribution in [3.63, 3.8) is 0 Å². The fourth-order valence-electron chi connectivity index (χ4n) is 1.36. The first-order valence-electron chi connectivity index (χ1n) is 5.50. The van der Waals surface area contributed by atoms with E-state index in [2.05, 4.69) is 10.6 Å². The Bertz CT molecular complexity index is 406. The molecule has 4 N–H and O–H groups in total. The summed E-state index contributed by atoms with van der Waals surface area (Å²) in [5, 5.41) is 22.7. The van der Waals surface area contributed by atoms with Gasteiger partial charge in [-0.1, -0.05) is 30.3 Å². The number of hydrogen-bond acceptors (Lipinski definition) is 3. The Balaban J connectivity index is 2.44. The van der Waals surface area contributed by atoms with E-state index >= 15 is 0 Å². The van der Waals surface area contributed by atoms with Gasteiger partial charge in [-0.2, -0.15) is 0 Å². The smallest absolute Gasteiger partial charge is 0.328 e. The average Bonchev–Trinajstić information content (AvgIpc) is 2.34. The highest BCUT2D eigenvalue weighted by atomic mass is 16.4. The molecule has 0 saturated carbocycles. The van der Waals surface area contributed by atoms with Crippen molar-refractivity contribution in [1.29, 1.82) is 0 Å². The summed E-state index contributed by atoms with van der Waals surface area (Å²) >= 11 is 0. The zero-order valence-corrected chi connectivity index (χ0v) is 9.96. The molecule has 1 aromatic rings. The number of aliphatic carboxylic acids is 1. The highest BCUT2D eigenvalue weighted by Gasteiger charge is 2.24. The van der Waals surface area contributed by atoms with Crippen LogP contribution in [0.3, 0.4) is 0 Å². The predicted octanol–water partition coefficient (Wildman–Crippen LogP) is 0.320. The molecule has 2 atom stereocenters. The number of benzene rings is 1. The van der Waals surface area contributed by atoms with Gasteiger partial charge in [-0.3, -0.25) is 0 Å². The molecule has 0 saturated heterocycles. The first-order chi connectivity index (χ1) is 8.50. The summed E-state index contributed by atoms with van der Waals surface area (Å²) in [4.78, 5) is 22.2. The van der Waals surface area contributed by atoms with E-state index in [0.29, 0.717) is 6.54 Å². The van der Waals surface area contributed by atoms with Crippen molar-refractivity contribution in [3.05, 3.63) is 35.9 Å². The maximum atomic E-state index is 11.4. The lowest BCUT2D eigenvalue weighted by atomic mass is 10.2. The molecular weight excluding hydrogens is 236 g/mol. The molecule has 0 unspecified atom stereocenters. The molecule has 0 aliphatic rings. The van der Waals surface area contributed by atoms with Crippen LogP contribution in [0.1, 0.15) is 12.5 Å². The summed E-state index contributed by atoms with van der Waals surface area (Å²) in [6.45, 7) is 1.59. The number of carbonyl (C=O) groups excluding carboxylic acids is 1. The minimum absolute atomic E-state index is 0.290. The molecule has 0 spiro atoms. The summed E-state index contributed by atoms with van der Waals surface area (Å²) in [6.07, 6.45) is -1.16. The van der Waals surface area contributed by atoms with Gasteiger partial charge in [0, 0.05) is 6.54 Å². The van der Waals surface area contributed by atoms with Crippen LogP contribution >= 0.6 is 0 Å². The maximum Gasteiger partial charge on any atom is 0.328 e. The summed E-state index contributed by atoms with van der Waals surface area (Å²) in [7, 11) is 0. The number of carboxylic acids is 1. The second-order valence-corrected chi connectivity index (χ2v) is 3.87. The van der Waals surface area contributed by atoms with Gasteiger partial charge in [0.15, 0.2) is 6.04 Å². The number of amides is 2. The van der Waals surface area contributed by atoms with E-state index in [0.717, 1.165) is 5.56 Å². The molecule has 98 valence electrons. The van der Waals surface area contributed by atoms with E-state index in [4.69, 9.17) is 5.11 Å². The summed E-state index contributed by atoms with van der Waals surface area (Å²) in [6, 6.07) is 7.26. The van der Waals surface area contributed by atoms with Crippen molar-refractivity contribution in [2.24, 2.45) is 0 Å². The molecule has 0 aliphatic carbocycles. The summed E-state index contributed by atoms with van der Waals surface area (Å²) < 4.78 is 0. The molecular formula is C12H16N2O4. The second kappa shape index (κ2) is 6.61. The van der Waals surface area contributed by atoms with Crippen molar-refractivity contribution in [1.82, 2.24) is 10.6 Å². The zero-order valence-electron chi connectivity index (χ0n) is 9.96. The molecule has 0 radical (unpaired) electrons. The molecule has 0 aliphatic heterocycles. The Morgan fingerprint density at radius 1 is 1.28 bits per heavy atom. The van der Waals surface area contributed by atoms with Crippen LogP contribution in [-0.4, -0.2) is 34.4 Å². The van der Waals surface area contributed by atoms with Crippen LogP contribution in [0.2, 0.25) is 0 Å². The lowest BCUT2D eigenvalue weighted by Crippen LogP contribution is -2.50. The van der Waals surface area contributed by atoms with Gasteiger partial charge in [-0.15, -0.1) is 0 Å². The van der Waals surface area contributed by atoms with Crippen LogP contribution < -0.4 is 10.6 Å². The van der Waals surface area contributed by atoms with Crippen LogP contribution in [0.15, 0.2) is 30.3 Å². The number of carbonyl (C=O) groups is 2. The molecule has 2 amide bonds. The third kappa shape index (κ3) is 4.42. The van der Waals surface area contributed by atoms with Crippen LogP contribution in [-0.2, 0) is 11.3 Å². The summed E-state index contributed by atoms with van der Waals surface area (Å²) in [5.41, 5.74) is 0.900. The van der Waals surface area contributed by atoms with Crippen LogP contribution in [0.5, 0.6) is 0 Å². The van der Waals surface area contributed by atoms with E-state index in [1.165, 1.54) is 6.92 Å². The molecule has 0 fully saturated rings. The molecule has 0 bridgehead atoms. The summed E-state index contributed by atoms with van der Waals surface area (Å²) in [5.74, 6) is -1.28. The Labute approximate surface area is 105 Å². The minimum atomic E-state index is -1.32. The van der Waals surface area contributed by atoms with E-state index in [-0.39, 0.29) is 0 Å². The highest BCUT2D eigenvalue weighted by molar-refractivity contribution is 5.82. The van der Waals surface area contributed by atoms with E-state index in [1.807, 2.05) is 30.3 Å². The Morgan fingerprint density at radius 2 is 1.89 bits per heavy atom. The standard InChI is InChI=1S/C12H16N2O4/c1-8(15)10(11(16)17)14-12(18)13-7-9-5-3-2-4-6-9/h2-6,8,10,15H,7H2,1H3,(H,16,17)(H2,13,14,18)/t8-,10+/m1/s1. The molecule has 1 rings (SSSR count). The quantitative estimate of drug-likeness (QED) is 0.606. The van der Waals surface area contributed by atoms with E-state index < -0.39 is 24.1 Å². The van der Waals surface area contributed by atoms with Crippen LogP contribution in [0.25, 0.3) is 0 Å². The van der Waals surface area contributed by atoms with Crippen molar-refractivity contribution in [3.8, 4) is 0 Å². The zero-order chi connectivity index (χ0) is 13.5. The van der Waals surface area contributed by atoms with Gasteiger partial charge >= 0.3 is 12.0 Å². The topological polar surface area (TPSA) is 98.7 Å². The largest absolute Gasteiger partial charge is 0.480 e. The van der Waals surface area contributed by atoms with Crippen LogP contribution in [0, 0.1) is 0 Å². The molecule has 6 heteroatoms. The molecule has 0 aromatic heterocycles. The maximum absolute atomic E-state index is 11.4. The fraction of sp³-hybridized carbons (Fsp3) is 0.333. The fourth-order valence-corrected chi connectivity index (χ4v) is 1.36. The lowest BCUT2D eigenvalue weighted by Gasteiger charge is -2.17. The van der Waals surface area contributed by atoms with Crippen molar-refractivity contribution in [2.75, 3.05) is 0 Å². The van der Waals surface area contributed by atoms with Gasteiger partial charge in [-0.25, -0.2) is 9.59 Å². The van der Waals surface area contributed by atoms with Gasteiger partial charge in [-0.05, 0) is 12.5 Å². The van der Waals surface area contributed by atoms with Gasteiger partial charge in [0.2, 0.25) is 0 Å². The van der Waals surface area contributed by atoms with Crippen molar-refractivity contribution < 1.29 is 19.8 Å². The van der Waals surface area contributed by atoms with Crippen LogP contribution in [0.4, 0.5) is 4.79 Å². The second-order valence-electron chi connectivity index (χ2n) is 3.87. The number of aliphatic hydroxyl groups is 1. The van der Waals surface area contributed by atoms with E-state index in [9.17, 15) is 14.7 Å². The molecule has 18 heavy (non-hydrogen) atoms. The third-order valence-electron chi connectivity index (χ3n) is 2.33. The highest BCUT2D eigenvalue weighted by Crippen LogP contribution is 1.97. The SMILES string of the molecule is C[C@@H](O)[C@H](NC(=O)NCc1ccccc1)C(=O)O.